The minimum atomic E-state index is 0.556. The van der Waals surface area contributed by atoms with Crippen LogP contribution in [0.4, 0.5) is 0 Å². The largest absolute Gasteiger partial charge is 0.330 e. The number of carbonyl (C=O) groups is 1. The van der Waals surface area contributed by atoms with E-state index < -0.39 is 0 Å². The molecule has 0 unspecified atom stereocenters. The van der Waals surface area contributed by atoms with E-state index in [-0.39, 0.29) is 0 Å². The van der Waals surface area contributed by atoms with E-state index in [9.17, 15) is 4.79 Å². The minimum absolute atomic E-state index is 0.556. The first kappa shape index (κ1) is 13.3. The van der Waals surface area contributed by atoms with Gasteiger partial charge >= 0.3 is 0 Å². The van der Waals surface area contributed by atoms with Crippen LogP contribution in [-0.2, 0) is 18.4 Å². The van der Waals surface area contributed by atoms with Gasteiger partial charge in [0, 0.05) is 33.2 Å². The lowest BCUT2D eigenvalue weighted by molar-refractivity contribution is -0.109. The molecule has 5 heteroatoms. The first-order chi connectivity index (χ1) is 9.78. The van der Waals surface area contributed by atoms with E-state index in [0.717, 1.165) is 50.4 Å². The molecule has 20 heavy (non-hydrogen) atoms. The average molecular weight is 272 g/mol. The zero-order valence-corrected chi connectivity index (χ0v) is 11.8. The molecular weight excluding hydrogens is 252 g/mol. The number of carbonyl (C=O) groups excluding carboxylic acids is 1. The summed E-state index contributed by atoms with van der Waals surface area (Å²) < 4.78 is 2.17. The number of rotatable bonds is 4. The molecule has 5 nitrogen and oxygen atoms in total. The minimum Gasteiger partial charge on any atom is -0.330 e. The van der Waals surface area contributed by atoms with Gasteiger partial charge in [0.2, 0.25) is 0 Å². The van der Waals surface area contributed by atoms with Crippen molar-refractivity contribution in [1.29, 1.82) is 0 Å². The average Bonchev–Trinajstić information content (AvgIpc) is 2.79. The molecule has 0 spiro atoms. The number of para-hydroxylation sites is 2. The molecule has 0 radical (unpaired) electrons. The van der Waals surface area contributed by atoms with Crippen molar-refractivity contribution in [3.8, 4) is 0 Å². The third-order valence-electron chi connectivity index (χ3n) is 4.04. The van der Waals surface area contributed by atoms with E-state index >= 15 is 0 Å². The zero-order valence-electron chi connectivity index (χ0n) is 11.8. The normalized spacial score (nSPS) is 17.6. The van der Waals surface area contributed by atoms with E-state index in [4.69, 9.17) is 4.98 Å². The summed E-state index contributed by atoms with van der Waals surface area (Å²) in [6.45, 7) is 5.35. The van der Waals surface area contributed by atoms with Gasteiger partial charge in [-0.2, -0.15) is 0 Å². The van der Waals surface area contributed by atoms with Crippen LogP contribution in [0.1, 0.15) is 5.82 Å². The van der Waals surface area contributed by atoms with Crippen molar-refractivity contribution >= 4 is 17.3 Å². The number of benzene rings is 1. The molecule has 1 fully saturated rings. The van der Waals surface area contributed by atoms with Crippen LogP contribution >= 0.6 is 0 Å². The number of hydrogen-bond donors (Lipinski definition) is 0. The zero-order chi connectivity index (χ0) is 13.9. The SMILES string of the molecule is Cn1c(CN2CCN(CC=O)CC2)nc2ccccc21. The number of piperazine rings is 1. The Hall–Kier alpha value is -1.72. The summed E-state index contributed by atoms with van der Waals surface area (Å²) in [5, 5.41) is 0. The maximum absolute atomic E-state index is 10.5. The van der Waals surface area contributed by atoms with Crippen LogP contribution in [0.2, 0.25) is 0 Å². The molecular formula is C15H20N4O. The smallest absolute Gasteiger partial charge is 0.133 e. The highest BCUT2D eigenvalue weighted by Gasteiger charge is 2.18. The Bertz CT molecular complexity index is 599. The fourth-order valence-corrected chi connectivity index (χ4v) is 2.77. The molecule has 0 saturated carbocycles. The molecule has 3 rings (SSSR count). The number of imidazole rings is 1. The van der Waals surface area contributed by atoms with Crippen molar-refractivity contribution in [2.45, 2.75) is 6.54 Å². The summed E-state index contributed by atoms with van der Waals surface area (Å²) in [6.07, 6.45) is 0.987. The number of aldehydes is 1. The second kappa shape index (κ2) is 5.73. The number of aromatic nitrogens is 2. The van der Waals surface area contributed by atoms with Gasteiger partial charge in [0.05, 0.1) is 24.1 Å². The Morgan fingerprint density at radius 1 is 1.15 bits per heavy atom. The van der Waals surface area contributed by atoms with Crippen molar-refractivity contribution in [2.75, 3.05) is 32.7 Å². The van der Waals surface area contributed by atoms with Crippen LogP contribution in [0.3, 0.4) is 0 Å². The summed E-state index contributed by atoms with van der Waals surface area (Å²) >= 11 is 0. The Kier molecular flexibility index (Phi) is 3.80. The highest BCUT2D eigenvalue weighted by Crippen LogP contribution is 2.16. The van der Waals surface area contributed by atoms with E-state index in [1.165, 1.54) is 5.52 Å². The molecule has 0 atom stereocenters. The first-order valence-corrected chi connectivity index (χ1v) is 7.06. The topological polar surface area (TPSA) is 41.4 Å². The fourth-order valence-electron chi connectivity index (χ4n) is 2.77. The van der Waals surface area contributed by atoms with Crippen LogP contribution in [0.5, 0.6) is 0 Å². The van der Waals surface area contributed by atoms with Gasteiger partial charge in [-0.25, -0.2) is 4.98 Å². The monoisotopic (exact) mass is 272 g/mol. The second-order valence-corrected chi connectivity index (χ2v) is 5.32. The lowest BCUT2D eigenvalue weighted by Crippen LogP contribution is -2.46. The van der Waals surface area contributed by atoms with Gasteiger partial charge < -0.3 is 9.36 Å². The van der Waals surface area contributed by atoms with Crippen molar-refractivity contribution in [3.63, 3.8) is 0 Å². The van der Waals surface area contributed by atoms with Gasteiger partial charge in [0.1, 0.15) is 12.1 Å². The highest BCUT2D eigenvalue weighted by molar-refractivity contribution is 5.75. The standard InChI is InChI=1S/C15H20N4O/c1-17-14-5-3-2-4-13(14)16-15(17)12-19-8-6-18(7-9-19)10-11-20/h2-5,11H,6-10,12H2,1H3. The Balaban J connectivity index is 1.68. The summed E-state index contributed by atoms with van der Waals surface area (Å²) in [4.78, 5) is 19.8. The molecule has 1 aliphatic heterocycles. The molecule has 106 valence electrons. The molecule has 1 aliphatic rings. The predicted molar refractivity (Wildman–Crippen MR) is 78.5 cm³/mol. The van der Waals surface area contributed by atoms with Crippen molar-refractivity contribution in [3.05, 3.63) is 30.1 Å². The van der Waals surface area contributed by atoms with Gasteiger partial charge in [-0.05, 0) is 12.1 Å². The van der Waals surface area contributed by atoms with Crippen LogP contribution in [0.15, 0.2) is 24.3 Å². The van der Waals surface area contributed by atoms with E-state index in [0.29, 0.717) is 6.54 Å². The quantitative estimate of drug-likeness (QED) is 0.775. The highest BCUT2D eigenvalue weighted by atomic mass is 16.1. The van der Waals surface area contributed by atoms with Crippen molar-refractivity contribution in [1.82, 2.24) is 19.4 Å². The molecule has 2 heterocycles. The Morgan fingerprint density at radius 3 is 2.55 bits per heavy atom. The van der Waals surface area contributed by atoms with E-state index in [1.807, 2.05) is 12.1 Å². The Labute approximate surface area is 118 Å². The summed E-state index contributed by atoms with van der Waals surface area (Å²) in [5.74, 6) is 1.11. The van der Waals surface area contributed by atoms with Gasteiger partial charge in [0.15, 0.2) is 0 Å². The number of hydrogen-bond acceptors (Lipinski definition) is 4. The van der Waals surface area contributed by atoms with Crippen molar-refractivity contribution < 1.29 is 4.79 Å². The van der Waals surface area contributed by atoms with Crippen LogP contribution in [0, 0.1) is 0 Å². The van der Waals surface area contributed by atoms with Crippen LogP contribution in [0.25, 0.3) is 11.0 Å². The molecule has 0 N–H and O–H groups in total. The summed E-state index contributed by atoms with van der Waals surface area (Å²) in [6, 6.07) is 8.23. The molecule has 0 aliphatic carbocycles. The third kappa shape index (κ3) is 2.59. The van der Waals surface area contributed by atoms with Gasteiger partial charge in [0.25, 0.3) is 0 Å². The van der Waals surface area contributed by atoms with E-state index in [2.05, 4.69) is 33.5 Å². The summed E-state index contributed by atoms with van der Waals surface area (Å²) in [7, 11) is 2.08. The van der Waals surface area contributed by atoms with Gasteiger partial charge in [-0.1, -0.05) is 12.1 Å². The summed E-state index contributed by atoms with van der Waals surface area (Å²) in [5.41, 5.74) is 2.24. The lowest BCUT2D eigenvalue weighted by atomic mass is 10.3. The molecule has 0 bridgehead atoms. The number of aryl methyl sites for hydroxylation is 1. The first-order valence-electron chi connectivity index (χ1n) is 7.06. The number of nitrogens with zero attached hydrogens (tertiary/aromatic N) is 4. The number of fused-ring (bicyclic) bond motifs is 1. The van der Waals surface area contributed by atoms with Crippen LogP contribution in [-0.4, -0.2) is 58.4 Å². The maximum Gasteiger partial charge on any atom is 0.133 e. The van der Waals surface area contributed by atoms with Crippen molar-refractivity contribution in [2.24, 2.45) is 7.05 Å². The van der Waals surface area contributed by atoms with Gasteiger partial charge in [-0.3, -0.25) is 9.80 Å². The lowest BCUT2D eigenvalue weighted by Gasteiger charge is -2.33. The molecule has 0 amide bonds. The molecule has 1 aromatic carbocycles. The fraction of sp³-hybridized carbons (Fsp3) is 0.467. The maximum atomic E-state index is 10.5. The predicted octanol–water partition coefficient (Wildman–Crippen LogP) is 0.890. The Morgan fingerprint density at radius 2 is 1.85 bits per heavy atom. The second-order valence-electron chi connectivity index (χ2n) is 5.32. The molecule has 1 aromatic heterocycles. The third-order valence-corrected chi connectivity index (χ3v) is 4.04. The molecule has 1 saturated heterocycles. The molecule has 2 aromatic rings. The van der Waals surface area contributed by atoms with E-state index in [1.54, 1.807) is 0 Å². The van der Waals surface area contributed by atoms with Crippen LogP contribution < -0.4 is 0 Å². The van der Waals surface area contributed by atoms with Gasteiger partial charge in [-0.15, -0.1) is 0 Å².